The van der Waals surface area contributed by atoms with E-state index in [0.717, 1.165) is 5.56 Å². The number of hydrogen-bond acceptors (Lipinski definition) is 4. The van der Waals surface area contributed by atoms with Gasteiger partial charge in [-0.2, -0.15) is 5.26 Å². The predicted molar refractivity (Wildman–Crippen MR) is 88.2 cm³/mol. The summed E-state index contributed by atoms with van der Waals surface area (Å²) < 4.78 is 5.63. The van der Waals surface area contributed by atoms with Gasteiger partial charge in [-0.05, 0) is 19.4 Å². The van der Waals surface area contributed by atoms with Crippen molar-refractivity contribution in [1.82, 2.24) is 9.80 Å². The number of nitriles is 1. The molecule has 23 heavy (non-hydrogen) atoms. The number of ether oxygens (including phenoxy) is 1. The summed E-state index contributed by atoms with van der Waals surface area (Å²) >= 11 is 0. The number of rotatable bonds is 4. The summed E-state index contributed by atoms with van der Waals surface area (Å²) in [6, 6.07) is 12.0. The second-order valence-electron chi connectivity index (χ2n) is 6.02. The monoisotopic (exact) mass is 313 g/mol. The zero-order valence-corrected chi connectivity index (χ0v) is 13.9. The van der Waals surface area contributed by atoms with E-state index in [0.29, 0.717) is 19.6 Å². The van der Waals surface area contributed by atoms with Crippen molar-refractivity contribution in [2.75, 3.05) is 20.1 Å². The molecule has 1 aliphatic heterocycles. The van der Waals surface area contributed by atoms with Gasteiger partial charge in [0.05, 0.1) is 12.2 Å². The summed E-state index contributed by atoms with van der Waals surface area (Å²) in [5.41, 5.74) is 1.29. The molecule has 1 aromatic rings. The van der Waals surface area contributed by atoms with E-state index >= 15 is 0 Å². The fraction of sp³-hybridized carbons (Fsp3) is 0.444. The van der Waals surface area contributed by atoms with E-state index in [-0.39, 0.29) is 23.7 Å². The van der Waals surface area contributed by atoms with Gasteiger partial charge in [0.2, 0.25) is 0 Å². The Labute approximate surface area is 137 Å². The summed E-state index contributed by atoms with van der Waals surface area (Å²) in [7, 11) is 1.86. The van der Waals surface area contributed by atoms with Crippen LogP contribution in [0.3, 0.4) is 0 Å². The number of carbonyl (C=O) groups is 1. The van der Waals surface area contributed by atoms with E-state index in [2.05, 4.69) is 0 Å². The molecule has 0 spiro atoms. The Morgan fingerprint density at radius 2 is 1.96 bits per heavy atom. The fourth-order valence-corrected chi connectivity index (χ4v) is 2.78. The third-order valence-electron chi connectivity index (χ3n) is 3.68. The summed E-state index contributed by atoms with van der Waals surface area (Å²) in [5, 5.41) is 9.35. The van der Waals surface area contributed by atoms with Gasteiger partial charge in [-0.1, -0.05) is 30.3 Å². The molecule has 2 unspecified atom stereocenters. The largest absolute Gasteiger partial charge is 0.375 e. The SMILES string of the molecule is CC1CN(C(=O)/C(C#N)=C\N(C)Cc2ccccc2)CC(C)O1. The smallest absolute Gasteiger partial charge is 0.266 e. The maximum absolute atomic E-state index is 12.6. The predicted octanol–water partition coefficient (Wildman–Crippen LogP) is 2.16. The molecular weight excluding hydrogens is 290 g/mol. The van der Waals surface area contributed by atoms with Crippen molar-refractivity contribution in [3.63, 3.8) is 0 Å². The average Bonchev–Trinajstić information content (AvgIpc) is 2.52. The van der Waals surface area contributed by atoms with Crippen LogP contribution in [0, 0.1) is 11.3 Å². The van der Waals surface area contributed by atoms with E-state index in [1.807, 2.05) is 62.2 Å². The van der Waals surface area contributed by atoms with Crippen LogP contribution >= 0.6 is 0 Å². The molecule has 2 atom stereocenters. The molecule has 0 bridgehead atoms. The molecule has 1 amide bonds. The molecule has 5 nitrogen and oxygen atoms in total. The summed E-state index contributed by atoms with van der Waals surface area (Å²) in [6.45, 7) is 5.56. The van der Waals surface area contributed by atoms with Crippen LogP contribution in [0.15, 0.2) is 42.1 Å². The first-order valence-electron chi connectivity index (χ1n) is 7.80. The lowest BCUT2D eigenvalue weighted by Gasteiger charge is -2.35. The van der Waals surface area contributed by atoms with Gasteiger partial charge in [-0.3, -0.25) is 4.79 Å². The maximum atomic E-state index is 12.6. The van der Waals surface area contributed by atoms with Crippen LogP contribution in [0.4, 0.5) is 0 Å². The second-order valence-corrected chi connectivity index (χ2v) is 6.02. The third-order valence-corrected chi connectivity index (χ3v) is 3.68. The molecule has 1 fully saturated rings. The zero-order chi connectivity index (χ0) is 16.8. The van der Waals surface area contributed by atoms with Crippen LogP contribution in [-0.4, -0.2) is 48.1 Å². The molecule has 1 aromatic carbocycles. The highest BCUT2D eigenvalue weighted by atomic mass is 16.5. The number of morpholine rings is 1. The van der Waals surface area contributed by atoms with Gasteiger partial charge in [0.25, 0.3) is 5.91 Å². The molecule has 0 radical (unpaired) electrons. The Morgan fingerprint density at radius 3 is 2.52 bits per heavy atom. The summed E-state index contributed by atoms with van der Waals surface area (Å²) in [4.78, 5) is 16.1. The van der Waals surface area contributed by atoms with Crippen molar-refractivity contribution in [3.05, 3.63) is 47.7 Å². The first-order valence-corrected chi connectivity index (χ1v) is 7.80. The van der Waals surface area contributed by atoms with Crippen molar-refractivity contribution in [1.29, 1.82) is 5.26 Å². The van der Waals surface area contributed by atoms with Crippen molar-refractivity contribution >= 4 is 5.91 Å². The van der Waals surface area contributed by atoms with Crippen LogP contribution in [0.2, 0.25) is 0 Å². The Morgan fingerprint density at radius 1 is 1.35 bits per heavy atom. The highest BCUT2D eigenvalue weighted by molar-refractivity contribution is 5.97. The van der Waals surface area contributed by atoms with E-state index in [4.69, 9.17) is 4.74 Å². The minimum Gasteiger partial charge on any atom is -0.375 e. The van der Waals surface area contributed by atoms with Gasteiger partial charge in [0.15, 0.2) is 0 Å². The summed E-state index contributed by atoms with van der Waals surface area (Å²) in [5.74, 6) is -0.227. The average molecular weight is 313 g/mol. The second kappa shape index (κ2) is 7.80. The number of nitrogens with zero attached hydrogens (tertiary/aromatic N) is 3. The van der Waals surface area contributed by atoms with Crippen molar-refractivity contribution in [2.24, 2.45) is 0 Å². The Bertz CT molecular complexity index is 596. The van der Waals surface area contributed by atoms with Gasteiger partial charge in [-0.15, -0.1) is 0 Å². The molecule has 0 aliphatic carbocycles. The minimum atomic E-state index is -0.227. The first-order chi connectivity index (χ1) is 11.0. The normalized spacial score (nSPS) is 21.7. The van der Waals surface area contributed by atoms with Gasteiger partial charge >= 0.3 is 0 Å². The Kier molecular flexibility index (Phi) is 5.78. The lowest BCUT2D eigenvalue weighted by molar-refractivity contribution is -0.138. The van der Waals surface area contributed by atoms with Crippen molar-refractivity contribution < 1.29 is 9.53 Å². The van der Waals surface area contributed by atoms with Gasteiger partial charge in [0, 0.05) is 32.9 Å². The van der Waals surface area contributed by atoms with E-state index in [1.165, 1.54) is 0 Å². The minimum absolute atomic E-state index is 0.00955. The highest BCUT2D eigenvalue weighted by Gasteiger charge is 2.27. The van der Waals surface area contributed by atoms with E-state index in [9.17, 15) is 10.1 Å². The zero-order valence-electron chi connectivity index (χ0n) is 13.9. The van der Waals surface area contributed by atoms with E-state index in [1.54, 1.807) is 11.1 Å². The van der Waals surface area contributed by atoms with Gasteiger partial charge < -0.3 is 14.5 Å². The van der Waals surface area contributed by atoms with Crippen LogP contribution < -0.4 is 0 Å². The number of amides is 1. The highest BCUT2D eigenvalue weighted by Crippen LogP contribution is 2.14. The molecule has 1 saturated heterocycles. The molecule has 1 heterocycles. The number of carbonyl (C=O) groups excluding carboxylic acids is 1. The lowest BCUT2D eigenvalue weighted by Crippen LogP contribution is -2.48. The van der Waals surface area contributed by atoms with Crippen LogP contribution in [0.1, 0.15) is 19.4 Å². The van der Waals surface area contributed by atoms with Gasteiger partial charge in [-0.25, -0.2) is 0 Å². The number of hydrogen-bond donors (Lipinski definition) is 0. The molecule has 5 heteroatoms. The van der Waals surface area contributed by atoms with Gasteiger partial charge in [0.1, 0.15) is 11.6 Å². The molecule has 0 saturated carbocycles. The van der Waals surface area contributed by atoms with Crippen LogP contribution in [-0.2, 0) is 16.1 Å². The van der Waals surface area contributed by atoms with Crippen LogP contribution in [0.5, 0.6) is 0 Å². The third kappa shape index (κ3) is 4.83. The van der Waals surface area contributed by atoms with Crippen molar-refractivity contribution in [2.45, 2.75) is 32.6 Å². The Hall–Kier alpha value is -2.32. The molecule has 122 valence electrons. The lowest BCUT2D eigenvalue weighted by atomic mass is 10.2. The standard InChI is InChI=1S/C18H23N3O2/c1-14-10-21(11-15(2)23-14)18(22)17(9-19)13-20(3)12-16-7-5-4-6-8-16/h4-8,13-15H,10-12H2,1-3H3/b17-13-. The molecule has 0 N–H and O–H groups in total. The quantitative estimate of drug-likeness (QED) is 0.631. The number of benzene rings is 1. The first kappa shape index (κ1) is 17.0. The van der Waals surface area contributed by atoms with Crippen molar-refractivity contribution in [3.8, 4) is 6.07 Å². The molecule has 2 rings (SSSR count). The van der Waals surface area contributed by atoms with Crippen LogP contribution in [0.25, 0.3) is 0 Å². The molecule has 1 aliphatic rings. The molecule has 0 aromatic heterocycles. The fourth-order valence-electron chi connectivity index (χ4n) is 2.78. The summed E-state index contributed by atoms with van der Waals surface area (Å²) in [6.07, 6.45) is 1.61. The van der Waals surface area contributed by atoms with E-state index < -0.39 is 0 Å². The maximum Gasteiger partial charge on any atom is 0.266 e. The Balaban J connectivity index is 2.05. The topological polar surface area (TPSA) is 56.6 Å². The molecular formula is C18H23N3O2.